The minimum Gasteiger partial charge on any atom is -0.305 e. The predicted octanol–water partition coefficient (Wildman–Crippen LogP) is 2.54. The Morgan fingerprint density at radius 2 is 2.25 bits per heavy atom. The van der Waals surface area contributed by atoms with Crippen LogP contribution in [0, 0.1) is 5.82 Å². The molecule has 1 aliphatic heterocycles. The lowest BCUT2D eigenvalue weighted by atomic mass is 9.96. The van der Waals surface area contributed by atoms with E-state index in [1.807, 2.05) is 6.92 Å². The number of hydrogen-bond acceptors (Lipinski definition) is 2. The molecule has 0 saturated carbocycles. The summed E-state index contributed by atoms with van der Waals surface area (Å²) < 4.78 is 14.9. The van der Waals surface area contributed by atoms with Crippen molar-refractivity contribution in [2.45, 2.75) is 25.8 Å². The number of fused-ring (bicyclic) bond motifs is 1. The fourth-order valence-corrected chi connectivity index (χ4v) is 2.70. The molecule has 1 unspecified atom stereocenters. The van der Waals surface area contributed by atoms with Crippen LogP contribution in [0.4, 0.5) is 10.1 Å². The van der Waals surface area contributed by atoms with Crippen LogP contribution in [0.15, 0.2) is 30.6 Å². The number of rotatable bonds is 1. The number of aryl methyl sites for hydroxylation is 2. The van der Waals surface area contributed by atoms with Crippen LogP contribution < -0.4 is 4.90 Å². The molecule has 1 aliphatic rings. The normalized spacial score (nSPS) is 17.9. The molecule has 0 bridgehead atoms. The largest absolute Gasteiger partial charge is 0.305 e. The van der Waals surface area contributed by atoms with Crippen LogP contribution in [0.3, 0.4) is 0 Å². The second-order valence-corrected chi connectivity index (χ2v) is 5.24. The highest BCUT2D eigenvalue weighted by Gasteiger charge is 2.29. The van der Waals surface area contributed by atoms with Gasteiger partial charge in [0.2, 0.25) is 0 Å². The average Bonchev–Trinajstić information content (AvgIpc) is 2.85. The van der Waals surface area contributed by atoms with Crippen molar-refractivity contribution in [2.75, 3.05) is 4.90 Å². The Kier molecular flexibility index (Phi) is 3.04. The highest BCUT2D eigenvalue weighted by Crippen LogP contribution is 2.32. The van der Waals surface area contributed by atoms with Gasteiger partial charge in [0.25, 0.3) is 5.91 Å². The smallest absolute Gasteiger partial charge is 0.261 e. The van der Waals surface area contributed by atoms with Gasteiger partial charge >= 0.3 is 0 Å². The van der Waals surface area contributed by atoms with Gasteiger partial charge in [-0.3, -0.25) is 9.48 Å². The Hall–Kier alpha value is -2.17. The van der Waals surface area contributed by atoms with Gasteiger partial charge in [0, 0.05) is 25.0 Å². The van der Waals surface area contributed by atoms with Gasteiger partial charge in [-0.05, 0) is 43.5 Å². The standard InChI is InChI=1S/C15H16FN3O/c1-10-3-4-11-7-13(16)5-6-14(11)19(10)15(20)12-8-17-18(2)9-12/h5-10H,3-4H2,1-2H3. The summed E-state index contributed by atoms with van der Waals surface area (Å²) in [5.41, 5.74) is 2.25. The van der Waals surface area contributed by atoms with Gasteiger partial charge in [-0.15, -0.1) is 0 Å². The van der Waals surface area contributed by atoms with Crippen molar-refractivity contribution in [3.05, 3.63) is 47.5 Å². The van der Waals surface area contributed by atoms with Gasteiger partial charge in [0.15, 0.2) is 0 Å². The highest BCUT2D eigenvalue weighted by atomic mass is 19.1. The van der Waals surface area contributed by atoms with Crippen LogP contribution in [0.1, 0.15) is 29.3 Å². The quantitative estimate of drug-likeness (QED) is 0.801. The first-order chi connectivity index (χ1) is 9.56. The molecule has 2 aromatic rings. The second-order valence-electron chi connectivity index (χ2n) is 5.24. The van der Waals surface area contributed by atoms with Gasteiger partial charge in [-0.2, -0.15) is 5.10 Å². The van der Waals surface area contributed by atoms with E-state index in [0.717, 1.165) is 24.1 Å². The first-order valence-corrected chi connectivity index (χ1v) is 6.67. The van der Waals surface area contributed by atoms with E-state index in [-0.39, 0.29) is 17.8 Å². The molecule has 4 nitrogen and oxygen atoms in total. The van der Waals surface area contributed by atoms with Crippen molar-refractivity contribution in [3.8, 4) is 0 Å². The predicted molar refractivity (Wildman–Crippen MR) is 74.2 cm³/mol. The Bertz CT molecular complexity index is 665. The van der Waals surface area contributed by atoms with E-state index in [2.05, 4.69) is 5.10 Å². The van der Waals surface area contributed by atoms with Crippen molar-refractivity contribution in [2.24, 2.45) is 7.05 Å². The highest BCUT2D eigenvalue weighted by molar-refractivity contribution is 6.06. The molecule has 1 atom stereocenters. The van der Waals surface area contributed by atoms with Crippen LogP contribution in [-0.4, -0.2) is 21.7 Å². The summed E-state index contributed by atoms with van der Waals surface area (Å²) in [6.45, 7) is 2.01. The Morgan fingerprint density at radius 3 is 2.95 bits per heavy atom. The lowest BCUT2D eigenvalue weighted by Crippen LogP contribution is -2.42. The summed E-state index contributed by atoms with van der Waals surface area (Å²) in [6, 6.07) is 4.71. The van der Waals surface area contributed by atoms with E-state index >= 15 is 0 Å². The number of benzene rings is 1. The first kappa shape index (κ1) is 12.8. The number of hydrogen-bond donors (Lipinski definition) is 0. The summed E-state index contributed by atoms with van der Waals surface area (Å²) in [4.78, 5) is 14.4. The Balaban J connectivity index is 2.02. The molecular weight excluding hydrogens is 257 g/mol. The van der Waals surface area contributed by atoms with E-state index in [4.69, 9.17) is 0 Å². The number of amides is 1. The van der Waals surface area contributed by atoms with Gasteiger partial charge in [0.1, 0.15) is 5.82 Å². The molecule has 104 valence electrons. The molecule has 1 amide bonds. The molecule has 3 rings (SSSR count). The van der Waals surface area contributed by atoms with E-state index in [9.17, 15) is 9.18 Å². The van der Waals surface area contributed by atoms with Crippen LogP contribution >= 0.6 is 0 Å². The molecule has 0 aliphatic carbocycles. The molecule has 0 saturated heterocycles. The van der Waals surface area contributed by atoms with Gasteiger partial charge in [-0.25, -0.2) is 4.39 Å². The maximum absolute atomic E-state index is 13.3. The van der Waals surface area contributed by atoms with E-state index < -0.39 is 0 Å². The Labute approximate surface area is 116 Å². The lowest BCUT2D eigenvalue weighted by molar-refractivity contribution is 0.0975. The third kappa shape index (κ3) is 2.09. The summed E-state index contributed by atoms with van der Waals surface area (Å²) in [7, 11) is 1.78. The Morgan fingerprint density at radius 1 is 1.45 bits per heavy atom. The van der Waals surface area contributed by atoms with Crippen molar-refractivity contribution in [1.29, 1.82) is 0 Å². The average molecular weight is 273 g/mol. The minimum atomic E-state index is -0.257. The third-order valence-corrected chi connectivity index (χ3v) is 3.74. The number of aromatic nitrogens is 2. The van der Waals surface area contributed by atoms with Crippen LogP contribution in [-0.2, 0) is 13.5 Å². The maximum Gasteiger partial charge on any atom is 0.261 e. The van der Waals surface area contributed by atoms with Crippen molar-refractivity contribution in [3.63, 3.8) is 0 Å². The molecule has 2 heterocycles. The minimum absolute atomic E-state index is 0.0850. The summed E-state index contributed by atoms with van der Waals surface area (Å²) in [6.07, 6.45) is 4.90. The van der Waals surface area contributed by atoms with Gasteiger partial charge in [0.05, 0.1) is 11.8 Å². The number of nitrogens with zero attached hydrogens (tertiary/aromatic N) is 3. The molecule has 5 heteroatoms. The topological polar surface area (TPSA) is 38.1 Å². The molecular formula is C15H16FN3O. The number of anilines is 1. The second kappa shape index (κ2) is 4.74. The molecule has 1 aromatic carbocycles. The number of carbonyl (C=O) groups is 1. The van der Waals surface area contributed by atoms with Crippen LogP contribution in [0.5, 0.6) is 0 Å². The molecule has 1 aromatic heterocycles. The zero-order valence-corrected chi connectivity index (χ0v) is 11.5. The van der Waals surface area contributed by atoms with E-state index in [1.165, 1.54) is 12.1 Å². The van der Waals surface area contributed by atoms with Crippen LogP contribution in [0.25, 0.3) is 0 Å². The summed E-state index contributed by atoms with van der Waals surface area (Å²) in [5, 5.41) is 4.04. The first-order valence-electron chi connectivity index (χ1n) is 6.67. The zero-order valence-electron chi connectivity index (χ0n) is 11.5. The summed E-state index contributed by atoms with van der Waals surface area (Å²) >= 11 is 0. The number of halogens is 1. The monoisotopic (exact) mass is 273 g/mol. The summed E-state index contributed by atoms with van der Waals surface area (Å²) in [5.74, 6) is -0.342. The fraction of sp³-hybridized carbons (Fsp3) is 0.333. The van der Waals surface area contributed by atoms with Gasteiger partial charge < -0.3 is 4.90 Å². The maximum atomic E-state index is 13.3. The SMILES string of the molecule is CC1CCc2cc(F)ccc2N1C(=O)c1cnn(C)c1. The third-order valence-electron chi connectivity index (χ3n) is 3.74. The molecule has 0 spiro atoms. The van der Waals surface area contributed by atoms with Crippen molar-refractivity contribution in [1.82, 2.24) is 9.78 Å². The number of carbonyl (C=O) groups excluding carboxylic acids is 1. The van der Waals surface area contributed by atoms with Gasteiger partial charge in [-0.1, -0.05) is 0 Å². The molecule has 20 heavy (non-hydrogen) atoms. The molecule has 0 radical (unpaired) electrons. The fourth-order valence-electron chi connectivity index (χ4n) is 2.70. The van der Waals surface area contributed by atoms with E-state index in [1.54, 1.807) is 35.1 Å². The van der Waals surface area contributed by atoms with Crippen molar-refractivity contribution >= 4 is 11.6 Å². The van der Waals surface area contributed by atoms with Crippen LogP contribution in [0.2, 0.25) is 0 Å². The molecule has 0 N–H and O–H groups in total. The lowest BCUT2D eigenvalue weighted by Gasteiger charge is -2.35. The van der Waals surface area contributed by atoms with Crippen molar-refractivity contribution < 1.29 is 9.18 Å². The molecule has 0 fully saturated rings. The van der Waals surface area contributed by atoms with E-state index in [0.29, 0.717) is 5.56 Å². The zero-order chi connectivity index (χ0) is 14.3.